The number of hydrogen-bond acceptors (Lipinski definition) is 7. The summed E-state index contributed by atoms with van der Waals surface area (Å²) >= 11 is 0. The van der Waals surface area contributed by atoms with Gasteiger partial charge in [0.2, 0.25) is 17.7 Å². The van der Waals surface area contributed by atoms with Crippen molar-refractivity contribution in [2.24, 2.45) is 5.73 Å². The summed E-state index contributed by atoms with van der Waals surface area (Å²) in [6.07, 6.45) is -0.375. The summed E-state index contributed by atoms with van der Waals surface area (Å²) in [6, 6.07) is 7.84. The quantitative estimate of drug-likeness (QED) is 0.224. The highest BCUT2D eigenvalue weighted by molar-refractivity contribution is 5.92. The molecule has 0 fully saturated rings. The van der Waals surface area contributed by atoms with Crippen molar-refractivity contribution in [2.45, 2.75) is 44.7 Å². The van der Waals surface area contributed by atoms with Gasteiger partial charge in [-0.2, -0.15) is 0 Å². The van der Waals surface area contributed by atoms with E-state index in [1.165, 1.54) is 55.5 Å². The highest BCUT2D eigenvalue weighted by Gasteiger charge is 2.34. The van der Waals surface area contributed by atoms with E-state index in [1.807, 2.05) is 0 Å². The second-order valence-electron chi connectivity index (χ2n) is 7.94. The summed E-state index contributed by atoms with van der Waals surface area (Å²) in [7, 11) is 0. The minimum atomic E-state index is -1.42. The van der Waals surface area contributed by atoms with Crippen molar-refractivity contribution in [3.8, 4) is 0 Å². The molecular formula is C24H27FN4O7. The van der Waals surface area contributed by atoms with Crippen LogP contribution in [0.15, 0.2) is 48.5 Å². The summed E-state index contributed by atoms with van der Waals surface area (Å²) in [5.74, 6) is -4.43. The molecule has 3 amide bonds. The molecule has 0 aliphatic carbocycles. The first-order valence-corrected chi connectivity index (χ1v) is 11.0. The number of nitrogens with two attached hydrogens (primary N) is 1. The second kappa shape index (κ2) is 12.9. The number of halogens is 1. The Morgan fingerprint density at radius 1 is 1.06 bits per heavy atom. The van der Waals surface area contributed by atoms with Gasteiger partial charge in [-0.15, -0.1) is 0 Å². The van der Waals surface area contributed by atoms with Crippen LogP contribution in [-0.4, -0.2) is 47.3 Å². The van der Waals surface area contributed by atoms with Crippen LogP contribution in [-0.2, 0) is 30.3 Å². The standard InChI is InChI=1S/C24H27FN4O7/c1-3-36-21(31)13-19(16-6-10-18(11-7-16)29(34)35)22(23(26)32)28-24(33)20(27-14(2)30)12-15-4-8-17(25)9-5-15/h4-11,19-20,22H,3,12-13H2,1-2H3,(H2,26,32)(H,27,30)(H,28,33)/t19-,20-,22+/m0/s1. The van der Waals surface area contributed by atoms with E-state index in [4.69, 9.17) is 10.5 Å². The number of ether oxygens (including phenoxy) is 1. The number of primary amides is 1. The van der Waals surface area contributed by atoms with Crippen LogP contribution in [0.2, 0.25) is 0 Å². The lowest BCUT2D eigenvalue weighted by atomic mass is 9.87. The van der Waals surface area contributed by atoms with Gasteiger partial charge >= 0.3 is 5.97 Å². The molecule has 3 atom stereocenters. The van der Waals surface area contributed by atoms with Crippen molar-refractivity contribution in [1.82, 2.24) is 10.6 Å². The maximum atomic E-state index is 13.3. The third kappa shape index (κ3) is 8.15. The molecule has 0 aliphatic heterocycles. The van der Waals surface area contributed by atoms with Crippen LogP contribution in [0.5, 0.6) is 0 Å². The predicted molar refractivity (Wildman–Crippen MR) is 126 cm³/mol. The Balaban J connectivity index is 2.37. The number of non-ortho nitro benzene ring substituents is 1. The maximum absolute atomic E-state index is 13.3. The van der Waals surface area contributed by atoms with Crippen molar-refractivity contribution < 1.29 is 33.2 Å². The Morgan fingerprint density at radius 2 is 1.67 bits per heavy atom. The molecule has 0 saturated carbocycles. The van der Waals surface area contributed by atoms with Crippen molar-refractivity contribution in [3.63, 3.8) is 0 Å². The lowest BCUT2D eigenvalue weighted by Gasteiger charge is -2.27. The van der Waals surface area contributed by atoms with Gasteiger partial charge < -0.3 is 21.1 Å². The number of esters is 1. The minimum Gasteiger partial charge on any atom is -0.466 e. The van der Waals surface area contributed by atoms with E-state index in [0.717, 1.165) is 0 Å². The molecule has 0 spiro atoms. The Bertz CT molecular complexity index is 1110. The molecule has 12 heteroatoms. The van der Waals surface area contributed by atoms with E-state index in [9.17, 15) is 33.7 Å². The molecule has 0 heterocycles. The fourth-order valence-corrected chi connectivity index (χ4v) is 3.61. The SMILES string of the molecule is CCOC(=O)C[C@@H](c1ccc([N+](=O)[O-])cc1)[C@@H](NC(=O)[C@H](Cc1ccc(F)cc1)NC(C)=O)C(N)=O. The van der Waals surface area contributed by atoms with Gasteiger partial charge in [0.05, 0.1) is 18.0 Å². The fourth-order valence-electron chi connectivity index (χ4n) is 3.61. The third-order valence-electron chi connectivity index (χ3n) is 5.28. The molecule has 36 heavy (non-hydrogen) atoms. The average Bonchev–Trinajstić information content (AvgIpc) is 2.82. The van der Waals surface area contributed by atoms with E-state index >= 15 is 0 Å². The monoisotopic (exact) mass is 502 g/mol. The molecule has 2 aromatic carbocycles. The zero-order valence-corrected chi connectivity index (χ0v) is 19.7. The van der Waals surface area contributed by atoms with Crippen LogP contribution in [0.4, 0.5) is 10.1 Å². The first kappa shape index (κ1) is 27.9. The normalized spacial score (nSPS) is 13.1. The zero-order valence-electron chi connectivity index (χ0n) is 19.7. The third-order valence-corrected chi connectivity index (χ3v) is 5.28. The summed E-state index contributed by atoms with van der Waals surface area (Å²) < 4.78 is 18.2. The molecular weight excluding hydrogens is 475 g/mol. The van der Waals surface area contributed by atoms with Crippen LogP contribution in [0.3, 0.4) is 0 Å². The summed E-state index contributed by atoms with van der Waals surface area (Å²) in [5.41, 5.74) is 6.24. The molecule has 0 saturated heterocycles. The molecule has 2 rings (SSSR count). The van der Waals surface area contributed by atoms with Gasteiger partial charge in [-0.05, 0) is 30.2 Å². The van der Waals surface area contributed by atoms with E-state index in [1.54, 1.807) is 6.92 Å². The van der Waals surface area contributed by atoms with Crippen LogP contribution in [0.1, 0.15) is 37.3 Å². The molecule has 11 nitrogen and oxygen atoms in total. The smallest absolute Gasteiger partial charge is 0.306 e. The van der Waals surface area contributed by atoms with Crippen molar-refractivity contribution in [3.05, 3.63) is 75.6 Å². The molecule has 2 aromatic rings. The number of nitrogens with one attached hydrogen (secondary N) is 2. The van der Waals surface area contributed by atoms with E-state index in [-0.39, 0.29) is 25.1 Å². The Labute approximate surface area is 206 Å². The second-order valence-corrected chi connectivity index (χ2v) is 7.94. The summed E-state index contributed by atoms with van der Waals surface area (Å²) in [4.78, 5) is 60.0. The van der Waals surface area contributed by atoms with Crippen LogP contribution >= 0.6 is 0 Å². The number of benzene rings is 2. The molecule has 0 aliphatic rings. The van der Waals surface area contributed by atoms with Crippen LogP contribution in [0, 0.1) is 15.9 Å². The largest absolute Gasteiger partial charge is 0.466 e. The molecule has 0 aromatic heterocycles. The molecule has 4 N–H and O–H groups in total. The number of rotatable bonds is 12. The van der Waals surface area contributed by atoms with Gasteiger partial charge in [0.15, 0.2) is 0 Å². The van der Waals surface area contributed by atoms with E-state index in [0.29, 0.717) is 11.1 Å². The number of nitro benzene ring substituents is 1. The Morgan fingerprint density at radius 3 is 2.17 bits per heavy atom. The number of amides is 3. The topological polar surface area (TPSA) is 171 Å². The van der Waals surface area contributed by atoms with Crippen molar-refractivity contribution in [1.29, 1.82) is 0 Å². The highest BCUT2D eigenvalue weighted by Crippen LogP contribution is 2.27. The van der Waals surface area contributed by atoms with Gasteiger partial charge in [0.1, 0.15) is 17.9 Å². The zero-order chi connectivity index (χ0) is 26.8. The first-order chi connectivity index (χ1) is 17.0. The number of nitro groups is 1. The van der Waals surface area contributed by atoms with Crippen LogP contribution < -0.4 is 16.4 Å². The van der Waals surface area contributed by atoms with Crippen LogP contribution in [0.25, 0.3) is 0 Å². The lowest BCUT2D eigenvalue weighted by Crippen LogP contribution is -2.55. The maximum Gasteiger partial charge on any atom is 0.306 e. The minimum absolute atomic E-state index is 0.0166. The Hall–Kier alpha value is -4.35. The fraction of sp³-hybridized carbons (Fsp3) is 0.333. The lowest BCUT2D eigenvalue weighted by molar-refractivity contribution is -0.384. The van der Waals surface area contributed by atoms with Gasteiger partial charge in [-0.1, -0.05) is 24.3 Å². The summed E-state index contributed by atoms with van der Waals surface area (Å²) in [6.45, 7) is 2.87. The molecule has 192 valence electrons. The average molecular weight is 502 g/mol. The highest BCUT2D eigenvalue weighted by atomic mass is 19.1. The first-order valence-electron chi connectivity index (χ1n) is 11.0. The van der Waals surface area contributed by atoms with Gasteiger partial charge in [-0.25, -0.2) is 4.39 Å². The van der Waals surface area contributed by atoms with Gasteiger partial charge in [0.25, 0.3) is 5.69 Å². The van der Waals surface area contributed by atoms with E-state index in [2.05, 4.69) is 10.6 Å². The predicted octanol–water partition coefficient (Wildman–Crippen LogP) is 1.49. The van der Waals surface area contributed by atoms with E-state index < -0.39 is 52.4 Å². The molecule has 0 radical (unpaired) electrons. The van der Waals surface area contributed by atoms with Crippen molar-refractivity contribution in [2.75, 3.05) is 6.61 Å². The number of carbonyl (C=O) groups excluding carboxylic acids is 4. The number of nitrogens with zero attached hydrogens (tertiary/aromatic N) is 1. The van der Waals surface area contributed by atoms with Crippen molar-refractivity contribution >= 4 is 29.4 Å². The molecule has 0 unspecified atom stereocenters. The number of hydrogen-bond donors (Lipinski definition) is 3. The molecule has 0 bridgehead atoms. The van der Waals surface area contributed by atoms with Gasteiger partial charge in [0, 0.05) is 31.4 Å². The van der Waals surface area contributed by atoms with Gasteiger partial charge in [-0.3, -0.25) is 29.3 Å². The number of carbonyl (C=O) groups is 4. The summed E-state index contributed by atoms with van der Waals surface area (Å²) in [5, 5.41) is 16.0. The Kier molecular flexibility index (Phi) is 10.0.